The van der Waals surface area contributed by atoms with E-state index in [0.29, 0.717) is 5.69 Å². The Labute approximate surface area is 101 Å². The molecule has 1 amide bonds. The smallest absolute Gasteiger partial charge is 0.240 e. The summed E-state index contributed by atoms with van der Waals surface area (Å²) in [5.74, 6) is 0.253. The van der Waals surface area contributed by atoms with Crippen LogP contribution in [0.15, 0.2) is 24.3 Å². The molecule has 1 saturated carbocycles. The van der Waals surface area contributed by atoms with Crippen LogP contribution in [-0.4, -0.2) is 26.0 Å². The minimum atomic E-state index is -0.370. The monoisotopic (exact) mass is 236 g/mol. The van der Waals surface area contributed by atoms with Gasteiger partial charge in [0.2, 0.25) is 5.91 Å². The van der Waals surface area contributed by atoms with Gasteiger partial charge in [0, 0.05) is 7.05 Å². The van der Waals surface area contributed by atoms with Crippen LogP contribution in [0.2, 0.25) is 0 Å². The zero-order valence-corrected chi connectivity index (χ0v) is 9.95. The van der Waals surface area contributed by atoms with Gasteiger partial charge >= 0.3 is 0 Å². The standard InChI is InChI=1S/C13H17FN2O/c1-16(12-5-3-2-4-11(12)14)13(17)9-15-8-10-6-7-10/h2-5,10,15H,6-9H2,1H3. The van der Waals surface area contributed by atoms with Gasteiger partial charge in [0.15, 0.2) is 0 Å². The summed E-state index contributed by atoms with van der Waals surface area (Å²) in [5, 5.41) is 3.10. The highest BCUT2D eigenvalue weighted by Crippen LogP contribution is 2.27. The van der Waals surface area contributed by atoms with Crippen molar-refractivity contribution in [3.63, 3.8) is 0 Å². The average Bonchev–Trinajstić information content (AvgIpc) is 3.13. The van der Waals surface area contributed by atoms with E-state index in [1.165, 1.54) is 23.8 Å². The van der Waals surface area contributed by atoms with Gasteiger partial charge in [-0.05, 0) is 37.4 Å². The number of hydrogen-bond acceptors (Lipinski definition) is 2. The summed E-state index contributed by atoms with van der Waals surface area (Å²) in [5.41, 5.74) is 0.325. The van der Waals surface area contributed by atoms with Crippen molar-refractivity contribution >= 4 is 11.6 Å². The van der Waals surface area contributed by atoms with Crippen molar-refractivity contribution in [2.24, 2.45) is 5.92 Å². The lowest BCUT2D eigenvalue weighted by Gasteiger charge is -2.18. The van der Waals surface area contributed by atoms with Crippen LogP contribution in [0.1, 0.15) is 12.8 Å². The van der Waals surface area contributed by atoms with Gasteiger partial charge in [-0.2, -0.15) is 0 Å². The number of hydrogen-bond donors (Lipinski definition) is 1. The summed E-state index contributed by atoms with van der Waals surface area (Å²) in [7, 11) is 1.60. The molecule has 1 aromatic carbocycles. The van der Waals surface area contributed by atoms with Crippen LogP contribution in [0.25, 0.3) is 0 Å². The van der Waals surface area contributed by atoms with Gasteiger partial charge in [0.1, 0.15) is 5.82 Å². The van der Waals surface area contributed by atoms with Gasteiger partial charge in [-0.1, -0.05) is 12.1 Å². The molecule has 0 radical (unpaired) electrons. The number of benzene rings is 1. The second-order valence-electron chi connectivity index (χ2n) is 4.48. The largest absolute Gasteiger partial charge is 0.312 e. The fourth-order valence-corrected chi connectivity index (χ4v) is 1.68. The normalized spacial score (nSPS) is 14.7. The summed E-state index contributed by atoms with van der Waals surface area (Å²) in [6.45, 7) is 1.15. The first kappa shape index (κ1) is 12.0. The number of halogens is 1. The molecule has 0 unspecified atom stereocenters. The predicted molar refractivity (Wildman–Crippen MR) is 65.4 cm³/mol. The molecule has 1 aliphatic rings. The first-order valence-electron chi connectivity index (χ1n) is 5.90. The highest BCUT2D eigenvalue weighted by molar-refractivity contribution is 5.94. The summed E-state index contributed by atoms with van der Waals surface area (Å²) in [6.07, 6.45) is 2.51. The van der Waals surface area contributed by atoms with E-state index in [4.69, 9.17) is 0 Å². The summed E-state index contributed by atoms with van der Waals surface area (Å²) >= 11 is 0. The SMILES string of the molecule is CN(C(=O)CNCC1CC1)c1ccccc1F. The van der Waals surface area contributed by atoms with E-state index in [1.54, 1.807) is 25.2 Å². The Kier molecular flexibility index (Phi) is 3.74. The Morgan fingerprint density at radius 3 is 2.82 bits per heavy atom. The minimum Gasteiger partial charge on any atom is -0.312 e. The molecule has 0 aliphatic heterocycles. The van der Waals surface area contributed by atoms with E-state index >= 15 is 0 Å². The minimum absolute atomic E-state index is 0.115. The van der Waals surface area contributed by atoms with E-state index in [9.17, 15) is 9.18 Å². The number of para-hydroxylation sites is 1. The molecule has 1 fully saturated rings. The lowest BCUT2D eigenvalue weighted by Crippen LogP contribution is -2.36. The number of carbonyl (C=O) groups is 1. The summed E-state index contributed by atoms with van der Waals surface area (Å²) < 4.78 is 13.4. The zero-order chi connectivity index (χ0) is 12.3. The Hall–Kier alpha value is -1.42. The summed E-state index contributed by atoms with van der Waals surface area (Å²) in [6, 6.07) is 6.30. The third-order valence-electron chi connectivity index (χ3n) is 2.99. The van der Waals surface area contributed by atoms with Crippen molar-refractivity contribution in [3.05, 3.63) is 30.1 Å². The van der Waals surface area contributed by atoms with Crippen LogP contribution in [0.5, 0.6) is 0 Å². The average molecular weight is 236 g/mol. The first-order valence-corrected chi connectivity index (χ1v) is 5.90. The van der Waals surface area contributed by atoms with Crippen molar-refractivity contribution in [2.45, 2.75) is 12.8 Å². The Morgan fingerprint density at radius 1 is 1.47 bits per heavy atom. The Morgan fingerprint density at radius 2 is 2.18 bits per heavy atom. The van der Waals surface area contributed by atoms with Crippen LogP contribution in [0, 0.1) is 11.7 Å². The number of rotatable bonds is 5. The molecule has 0 heterocycles. The van der Waals surface area contributed by atoms with Gasteiger partial charge in [0.25, 0.3) is 0 Å². The maximum Gasteiger partial charge on any atom is 0.240 e. The quantitative estimate of drug-likeness (QED) is 0.845. The van der Waals surface area contributed by atoms with E-state index in [1.807, 2.05) is 0 Å². The van der Waals surface area contributed by atoms with E-state index in [-0.39, 0.29) is 18.3 Å². The number of carbonyl (C=O) groups excluding carboxylic acids is 1. The summed E-state index contributed by atoms with van der Waals surface area (Å²) in [4.78, 5) is 13.2. The van der Waals surface area contributed by atoms with Gasteiger partial charge in [-0.15, -0.1) is 0 Å². The van der Waals surface area contributed by atoms with Crippen molar-refractivity contribution < 1.29 is 9.18 Å². The molecule has 1 aromatic rings. The third kappa shape index (κ3) is 3.27. The molecule has 0 aromatic heterocycles. The molecule has 4 heteroatoms. The van der Waals surface area contributed by atoms with E-state index in [0.717, 1.165) is 12.5 Å². The van der Waals surface area contributed by atoms with Crippen LogP contribution in [0.3, 0.4) is 0 Å². The van der Waals surface area contributed by atoms with E-state index < -0.39 is 0 Å². The van der Waals surface area contributed by atoms with Crippen LogP contribution < -0.4 is 10.2 Å². The van der Waals surface area contributed by atoms with Crippen LogP contribution >= 0.6 is 0 Å². The van der Waals surface area contributed by atoms with Crippen molar-refractivity contribution in [1.82, 2.24) is 5.32 Å². The maximum absolute atomic E-state index is 13.4. The highest BCUT2D eigenvalue weighted by atomic mass is 19.1. The molecular formula is C13H17FN2O. The van der Waals surface area contributed by atoms with E-state index in [2.05, 4.69) is 5.32 Å². The van der Waals surface area contributed by atoms with Crippen LogP contribution in [-0.2, 0) is 4.79 Å². The van der Waals surface area contributed by atoms with Crippen molar-refractivity contribution in [2.75, 3.05) is 25.0 Å². The second kappa shape index (κ2) is 5.27. The number of likely N-dealkylation sites (N-methyl/N-ethyl adjacent to an activating group) is 1. The number of nitrogens with zero attached hydrogens (tertiary/aromatic N) is 1. The molecule has 0 atom stereocenters. The zero-order valence-electron chi connectivity index (χ0n) is 9.95. The van der Waals surface area contributed by atoms with Crippen molar-refractivity contribution in [3.8, 4) is 0 Å². The molecule has 1 aliphatic carbocycles. The molecule has 2 rings (SSSR count). The van der Waals surface area contributed by atoms with Gasteiger partial charge in [-0.3, -0.25) is 4.79 Å². The Bertz CT molecular complexity index is 404. The fourth-order valence-electron chi connectivity index (χ4n) is 1.68. The second-order valence-corrected chi connectivity index (χ2v) is 4.48. The Balaban J connectivity index is 1.87. The highest BCUT2D eigenvalue weighted by Gasteiger charge is 2.21. The lowest BCUT2D eigenvalue weighted by atomic mass is 10.3. The fraction of sp³-hybridized carbons (Fsp3) is 0.462. The molecule has 17 heavy (non-hydrogen) atoms. The van der Waals surface area contributed by atoms with Gasteiger partial charge in [0.05, 0.1) is 12.2 Å². The third-order valence-corrected chi connectivity index (χ3v) is 2.99. The molecule has 92 valence electrons. The topological polar surface area (TPSA) is 32.3 Å². The lowest BCUT2D eigenvalue weighted by molar-refractivity contribution is -0.117. The number of anilines is 1. The molecule has 0 saturated heterocycles. The molecule has 0 spiro atoms. The molecule has 1 N–H and O–H groups in total. The molecular weight excluding hydrogens is 219 g/mol. The maximum atomic E-state index is 13.4. The number of amides is 1. The first-order chi connectivity index (χ1) is 8.18. The van der Waals surface area contributed by atoms with Gasteiger partial charge in [-0.25, -0.2) is 4.39 Å². The molecule has 3 nitrogen and oxygen atoms in total. The molecule has 0 bridgehead atoms. The van der Waals surface area contributed by atoms with Crippen molar-refractivity contribution in [1.29, 1.82) is 0 Å². The van der Waals surface area contributed by atoms with Gasteiger partial charge < -0.3 is 10.2 Å². The van der Waals surface area contributed by atoms with Crippen LogP contribution in [0.4, 0.5) is 10.1 Å². The predicted octanol–water partition coefficient (Wildman–Crippen LogP) is 1.79. The number of nitrogens with one attached hydrogen (secondary N) is 1.